The Hall–Kier alpha value is -0.950. The van der Waals surface area contributed by atoms with E-state index in [1.54, 1.807) is 0 Å². The molecule has 0 heterocycles. The number of Topliss-reactive ketones (excluding diaryl/α,β-unsaturated/α-hetero) is 1. The van der Waals surface area contributed by atoms with Crippen molar-refractivity contribution in [3.8, 4) is 0 Å². The molecular weight excluding hydrogens is 164 g/mol. The topological polar surface area (TPSA) is 53.5 Å². The third kappa shape index (κ3) is 4.00. The van der Waals surface area contributed by atoms with E-state index in [1.165, 1.54) is 32.1 Å². The molecule has 0 bridgehead atoms. The second kappa shape index (κ2) is 5.65. The van der Waals surface area contributed by atoms with E-state index < -0.39 is 0 Å². The molecule has 0 aromatic heterocycles. The number of rotatable bonds is 4. The highest BCUT2D eigenvalue weighted by atomic mass is 16.1. The number of hydrogen-bond acceptors (Lipinski definition) is 1. The van der Waals surface area contributed by atoms with Crippen molar-refractivity contribution in [2.75, 3.05) is 0 Å². The van der Waals surface area contributed by atoms with Gasteiger partial charge in [-0.2, -0.15) is 4.79 Å². The molecule has 0 aromatic rings. The fourth-order valence-corrected chi connectivity index (χ4v) is 1.95. The smallest absolute Gasteiger partial charge is 0.323 e. The fraction of sp³-hybridized carbons (Fsp3) is 0.800. The van der Waals surface area contributed by atoms with Crippen molar-refractivity contribution in [3.05, 3.63) is 5.53 Å². The van der Waals surface area contributed by atoms with E-state index in [0.717, 1.165) is 18.6 Å². The Balaban J connectivity index is 2.17. The summed E-state index contributed by atoms with van der Waals surface area (Å²) in [6.45, 7) is 0. The van der Waals surface area contributed by atoms with Gasteiger partial charge in [0, 0.05) is 6.42 Å². The van der Waals surface area contributed by atoms with Crippen LogP contribution in [0.4, 0.5) is 0 Å². The van der Waals surface area contributed by atoms with Gasteiger partial charge in [0.05, 0.1) is 0 Å². The first-order valence-electron chi connectivity index (χ1n) is 5.03. The minimum absolute atomic E-state index is 0.0620. The van der Waals surface area contributed by atoms with Gasteiger partial charge in [0.2, 0.25) is 5.78 Å². The zero-order valence-electron chi connectivity index (χ0n) is 7.91. The maximum atomic E-state index is 11.0. The number of carbonyl (C=O) groups is 1. The number of hydrogen-bond donors (Lipinski definition) is 0. The normalized spacial score (nSPS) is 17.8. The number of carbonyl (C=O) groups excluding carboxylic acids is 1. The maximum absolute atomic E-state index is 11.0. The lowest BCUT2D eigenvalue weighted by Gasteiger charge is -2.20. The van der Waals surface area contributed by atoms with Gasteiger partial charge < -0.3 is 5.53 Å². The van der Waals surface area contributed by atoms with Gasteiger partial charge in [-0.05, 0) is 12.3 Å². The summed E-state index contributed by atoms with van der Waals surface area (Å²) < 4.78 is 0. The van der Waals surface area contributed by atoms with Gasteiger partial charge in [0.15, 0.2) is 0 Å². The first-order valence-corrected chi connectivity index (χ1v) is 5.03. The third-order valence-corrected chi connectivity index (χ3v) is 2.73. The van der Waals surface area contributed by atoms with Gasteiger partial charge in [0.25, 0.3) is 0 Å². The van der Waals surface area contributed by atoms with Crippen molar-refractivity contribution in [2.45, 2.75) is 44.9 Å². The van der Waals surface area contributed by atoms with Crippen molar-refractivity contribution in [1.82, 2.24) is 0 Å². The molecule has 0 saturated heterocycles. The third-order valence-electron chi connectivity index (χ3n) is 2.73. The van der Waals surface area contributed by atoms with E-state index in [-0.39, 0.29) is 5.78 Å². The average molecular weight is 180 g/mol. The molecule has 13 heavy (non-hydrogen) atoms. The van der Waals surface area contributed by atoms with E-state index in [9.17, 15) is 4.79 Å². The summed E-state index contributed by atoms with van der Waals surface area (Å²) in [5.74, 6) is 0.665. The standard InChI is InChI=1S/C10H16N2O/c11-12-8-10(13)7-6-9-4-2-1-3-5-9/h8-9H,1-7H2. The van der Waals surface area contributed by atoms with Crippen LogP contribution in [-0.2, 0) is 4.79 Å². The van der Waals surface area contributed by atoms with Crippen LogP contribution in [0.25, 0.3) is 5.53 Å². The van der Waals surface area contributed by atoms with E-state index >= 15 is 0 Å². The van der Waals surface area contributed by atoms with Crippen LogP contribution in [0.3, 0.4) is 0 Å². The highest BCUT2D eigenvalue weighted by Gasteiger charge is 2.14. The second-order valence-corrected chi connectivity index (χ2v) is 3.75. The summed E-state index contributed by atoms with van der Waals surface area (Å²) in [7, 11) is 0. The van der Waals surface area contributed by atoms with Crippen LogP contribution in [0, 0.1) is 5.92 Å². The quantitative estimate of drug-likeness (QED) is 0.372. The van der Waals surface area contributed by atoms with E-state index in [2.05, 4.69) is 4.79 Å². The largest absolute Gasteiger partial charge is 0.361 e. The summed E-state index contributed by atoms with van der Waals surface area (Å²) in [5.41, 5.74) is 8.12. The van der Waals surface area contributed by atoms with Crippen molar-refractivity contribution < 1.29 is 9.58 Å². The molecule has 0 aliphatic heterocycles. The lowest BCUT2D eigenvalue weighted by molar-refractivity contribution is -0.116. The van der Waals surface area contributed by atoms with E-state index in [4.69, 9.17) is 5.53 Å². The first kappa shape index (κ1) is 10.1. The fourth-order valence-electron chi connectivity index (χ4n) is 1.95. The lowest BCUT2D eigenvalue weighted by atomic mass is 9.86. The van der Waals surface area contributed by atoms with Crippen molar-refractivity contribution >= 4 is 12.0 Å². The minimum atomic E-state index is -0.0620. The molecule has 3 heteroatoms. The molecule has 1 saturated carbocycles. The van der Waals surface area contributed by atoms with Crippen LogP contribution in [0.15, 0.2) is 0 Å². The predicted octanol–water partition coefficient (Wildman–Crippen LogP) is 2.22. The molecule has 1 aliphatic rings. The summed E-state index contributed by atoms with van der Waals surface area (Å²) >= 11 is 0. The molecule has 1 rings (SSSR count). The SMILES string of the molecule is [N-]=[N+]=CC(=O)CCC1CCCCC1. The Bertz CT molecular complexity index is 213. The monoisotopic (exact) mass is 180 g/mol. The second-order valence-electron chi connectivity index (χ2n) is 3.75. The lowest BCUT2D eigenvalue weighted by Crippen LogP contribution is -2.09. The molecule has 1 fully saturated rings. The van der Waals surface area contributed by atoms with Crippen molar-refractivity contribution in [1.29, 1.82) is 0 Å². The molecule has 1 aliphatic carbocycles. The zero-order valence-corrected chi connectivity index (χ0v) is 7.91. The van der Waals surface area contributed by atoms with Crippen LogP contribution in [0.2, 0.25) is 0 Å². The van der Waals surface area contributed by atoms with Gasteiger partial charge in [-0.15, -0.1) is 0 Å². The Morgan fingerprint density at radius 1 is 1.38 bits per heavy atom. The summed E-state index contributed by atoms with van der Waals surface area (Å²) in [6, 6.07) is 0. The molecule has 3 nitrogen and oxygen atoms in total. The van der Waals surface area contributed by atoms with Gasteiger partial charge >= 0.3 is 6.21 Å². The summed E-state index contributed by atoms with van der Waals surface area (Å²) in [6.07, 6.45) is 9.01. The van der Waals surface area contributed by atoms with Crippen LogP contribution in [0.5, 0.6) is 0 Å². The molecule has 72 valence electrons. The summed E-state index contributed by atoms with van der Waals surface area (Å²) in [4.78, 5) is 13.7. The predicted molar refractivity (Wildman–Crippen MR) is 50.5 cm³/mol. The van der Waals surface area contributed by atoms with Crippen LogP contribution >= 0.6 is 0 Å². The van der Waals surface area contributed by atoms with Crippen LogP contribution in [-0.4, -0.2) is 16.8 Å². The molecule has 0 radical (unpaired) electrons. The van der Waals surface area contributed by atoms with Crippen LogP contribution < -0.4 is 0 Å². The van der Waals surface area contributed by atoms with Gasteiger partial charge in [0.1, 0.15) is 0 Å². The Morgan fingerprint density at radius 2 is 2.08 bits per heavy atom. The minimum Gasteiger partial charge on any atom is -0.361 e. The van der Waals surface area contributed by atoms with Gasteiger partial charge in [-0.3, -0.25) is 4.79 Å². The summed E-state index contributed by atoms with van der Waals surface area (Å²) in [5, 5.41) is 0. The molecule has 0 aromatic carbocycles. The average Bonchev–Trinajstić information content (AvgIpc) is 2.17. The molecule has 0 N–H and O–H groups in total. The first-order chi connectivity index (χ1) is 6.33. The molecule has 0 amide bonds. The van der Waals surface area contributed by atoms with Crippen molar-refractivity contribution in [2.24, 2.45) is 5.92 Å². The van der Waals surface area contributed by atoms with Crippen molar-refractivity contribution in [3.63, 3.8) is 0 Å². The molecule has 0 atom stereocenters. The highest BCUT2D eigenvalue weighted by Crippen LogP contribution is 2.27. The van der Waals surface area contributed by atoms with Crippen LogP contribution in [0.1, 0.15) is 44.9 Å². The molecule has 0 spiro atoms. The Morgan fingerprint density at radius 3 is 2.69 bits per heavy atom. The highest BCUT2D eigenvalue weighted by molar-refractivity contribution is 6.25. The molecular formula is C10H16N2O. The van der Waals surface area contributed by atoms with Gasteiger partial charge in [-0.25, -0.2) is 0 Å². The van der Waals surface area contributed by atoms with Gasteiger partial charge in [-0.1, -0.05) is 32.1 Å². The maximum Gasteiger partial charge on any atom is 0.323 e. The zero-order chi connectivity index (χ0) is 9.52. The number of ketones is 1. The van der Waals surface area contributed by atoms with E-state index in [0.29, 0.717) is 6.42 Å². The molecule has 0 unspecified atom stereocenters. The Labute approximate surface area is 78.8 Å². The number of nitrogens with zero attached hydrogens (tertiary/aromatic N) is 2. The Kier molecular flexibility index (Phi) is 4.41. The van der Waals surface area contributed by atoms with E-state index in [1.807, 2.05) is 0 Å².